The SMILES string of the molecule is CC1CCC(c2cccc3c2cnn3C)=NC1.CC1CCC(c2cccc3c2cnn3C)NC1. The van der Waals surface area contributed by atoms with Gasteiger partial charge in [-0.3, -0.25) is 14.4 Å². The summed E-state index contributed by atoms with van der Waals surface area (Å²) in [6.45, 7) is 6.67. The lowest BCUT2D eigenvalue weighted by atomic mass is 9.91. The number of hydrogen-bond donors (Lipinski definition) is 1. The molecule has 34 heavy (non-hydrogen) atoms. The van der Waals surface area contributed by atoms with Crippen LogP contribution in [0.2, 0.25) is 0 Å². The van der Waals surface area contributed by atoms with Crippen LogP contribution in [0, 0.1) is 11.8 Å². The summed E-state index contributed by atoms with van der Waals surface area (Å²) in [5, 5.41) is 14.9. The number of fused-ring (bicyclic) bond motifs is 2. The zero-order valence-electron chi connectivity index (χ0n) is 20.8. The van der Waals surface area contributed by atoms with E-state index in [0.29, 0.717) is 6.04 Å². The summed E-state index contributed by atoms with van der Waals surface area (Å²) in [6, 6.07) is 13.4. The summed E-state index contributed by atoms with van der Waals surface area (Å²) in [5.74, 6) is 1.53. The number of hydrogen-bond acceptors (Lipinski definition) is 4. The van der Waals surface area contributed by atoms with Gasteiger partial charge in [-0.15, -0.1) is 0 Å². The van der Waals surface area contributed by atoms with Gasteiger partial charge in [0.2, 0.25) is 0 Å². The topological polar surface area (TPSA) is 60.0 Å². The highest BCUT2D eigenvalue weighted by Gasteiger charge is 2.21. The maximum Gasteiger partial charge on any atom is 0.0685 e. The van der Waals surface area contributed by atoms with E-state index in [2.05, 4.69) is 65.8 Å². The fraction of sp³-hybridized carbons (Fsp3) is 0.464. The van der Waals surface area contributed by atoms with Gasteiger partial charge in [-0.1, -0.05) is 38.1 Å². The molecule has 2 aliphatic heterocycles. The number of benzene rings is 2. The first-order chi connectivity index (χ1) is 16.5. The van der Waals surface area contributed by atoms with E-state index in [0.717, 1.165) is 31.3 Å². The van der Waals surface area contributed by atoms with E-state index in [-0.39, 0.29) is 0 Å². The van der Waals surface area contributed by atoms with Crippen LogP contribution in [0.3, 0.4) is 0 Å². The number of nitrogens with one attached hydrogen (secondary N) is 1. The van der Waals surface area contributed by atoms with E-state index in [1.807, 2.05) is 35.9 Å². The molecule has 178 valence electrons. The molecule has 2 aromatic heterocycles. The fourth-order valence-electron chi connectivity index (χ4n) is 5.24. The fourth-order valence-corrected chi connectivity index (χ4v) is 5.24. The molecule has 0 bridgehead atoms. The van der Waals surface area contributed by atoms with Crippen LogP contribution in [0.1, 0.15) is 56.7 Å². The number of piperidine rings is 1. The van der Waals surface area contributed by atoms with E-state index in [1.54, 1.807) is 0 Å². The van der Waals surface area contributed by atoms with Crippen molar-refractivity contribution in [3.63, 3.8) is 0 Å². The molecule has 4 aromatic rings. The van der Waals surface area contributed by atoms with Gasteiger partial charge in [0.25, 0.3) is 0 Å². The highest BCUT2D eigenvalue weighted by molar-refractivity contribution is 6.10. The molecule has 1 N–H and O–H groups in total. The zero-order valence-corrected chi connectivity index (χ0v) is 20.8. The second kappa shape index (κ2) is 9.71. The van der Waals surface area contributed by atoms with Gasteiger partial charge in [0.05, 0.1) is 23.4 Å². The van der Waals surface area contributed by atoms with Crippen molar-refractivity contribution in [3.8, 4) is 0 Å². The molecule has 0 radical (unpaired) electrons. The summed E-state index contributed by atoms with van der Waals surface area (Å²) in [5.41, 5.74) is 6.33. The molecule has 4 heterocycles. The van der Waals surface area contributed by atoms with Crippen LogP contribution >= 0.6 is 0 Å². The lowest BCUT2D eigenvalue weighted by Gasteiger charge is -2.28. The van der Waals surface area contributed by atoms with E-state index in [1.165, 1.54) is 57.9 Å². The average Bonchev–Trinajstić information content (AvgIpc) is 3.43. The van der Waals surface area contributed by atoms with E-state index in [4.69, 9.17) is 4.99 Å². The van der Waals surface area contributed by atoms with Crippen molar-refractivity contribution in [2.24, 2.45) is 30.9 Å². The number of nitrogens with zero attached hydrogens (tertiary/aromatic N) is 5. The molecule has 6 rings (SSSR count). The second-order valence-corrected chi connectivity index (χ2v) is 10.1. The lowest BCUT2D eigenvalue weighted by Crippen LogP contribution is -2.31. The van der Waals surface area contributed by atoms with Crippen molar-refractivity contribution in [2.75, 3.05) is 13.1 Å². The predicted molar refractivity (Wildman–Crippen MR) is 140 cm³/mol. The van der Waals surface area contributed by atoms with Gasteiger partial charge in [-0.05, 0) is 61.8 Å². The van der Waals surface area contributed by atoms with Crippen LogP contribution in [-0.2, 0) is 14.1 Å². The van der Waals surface area contributed by atoms with Crippen molar-refractivity contribution in [1.82, 2.24) is 24.9 Å². The molecule has 6 nitrogen and oxygen atoms in total. The third-order valence-corrected chi connectivity index (χ3v) is 7.43. The minimum Gasteiger partial charge on any atom is -0.310 e. The Hall–Kier alpha value is -2.99. The second-order valence-electron chi connectivity index (χ2n) is 10.1. The molecule has 1 saturated heterocycles. The van der Waals surface area contributed by atoms with Gasteiger partial charge in [0, 0.05) is 48.7 Å². The Morgan fingerprint density at radius 1 is 0.824 bits per heavy atom. The molecule has 2 aromatic carbocycles. The third-order valence-electron chi connectivity index (χ3n) is 7.43. The van der Waals surface area contributed by atoms with Crippen LogP contribution < -0.4 is 5.32 Å². The first-order valence-corrected chi connectivity index (χ1v) is 12.6. The number of aryl methyl sites for hydroxylation is 2. The highest BCUT2D eigenvalue weighted by atomic mass is 15.3. The Kier molecular flexibility index (Phi) is 6.50. The molecular formula is C28H36N6. The number of aliphatic imine (C=N–C) groups is 1. The third kappa shape index (κ3) is 4.51. The van der Waals surface area contributed by atoms with Crippen molar-refractivity contribution < 1.29 is 0 Å². The summed E-state index contributed by atoms with van der Waals surface area (Å²) >= 11 is 0. The largest absolute Gasteiger partial charge is 0.310 e. The molecule has 0 aliphatic carbocycles. The molecule has 3 unspecified atom stereocenters. The smallest absolute Gasteiger partial charge is 0.0685 e. The quantitative estimate of drug-likeness (QED) is 0.438. The number of rotatable bonds is 2. The molecule has 3 atom stereocenters. The van der Waals surface area contributed by atoms with Gasteiger partial charge < -0.3 is 5.32 Å². The zero-order chi connectivity index (χ0) is 23.7. The standard InChI is InChI=1S/C14H19N3.C14H17N3/c2*1-10-6-7-13(15-8-10)11-4-3-5-14-12(11)9-16-17(14)2/h3-5,9-10,13,15H,6-8H2,1-2H3;3-5,9-10H,6-8H2,1-2H3. The van der Waals surface area contributed by atoms with Crippen LogP contribution in [0.5, 0.6) is 0 Å². The molecular weight excluding hydrogens is 420 g/mol. The van der Waals surface area contributed by atoms with Crippen molar-refractivity contribution in [3.05, 3.63) is 59.9 Å². The average molecular weight is 457 g/mol. The predicted octanol–water partition coefficient (Wildman–Crippen LogP) is 5.43. The maximum absolute atomic E-state index is 4.72. The summed E-state index contributed by atoms with van der Waals surface area (Å²) < 4.78 is 3.87. The summed E-state index contributed by atoms with van der Waals surface area (Å²) in [4.78, 5) is 4.72. The summed E-state index contributed by atoms with van der Waals surface area (Å²) in [6.07, 6.45) is 8.82. The molecule has 0 amide bonds. The van der Waals surface area contributed by atoms with E-state index >= 15 is 0 Å². The number of aromatic nitrogens is 4. The molecule has 2 aliphatic rings. The molecule has 0 spiro atoms. The van der Waals surface area contributed by atoms with Crippen LogP contribution in [0.4, 0.5) is 0 Å². The molecule has 1 fully saturated rings. The first-order valence-electron chi connectivity index (χ1n) is 12.6. The van der Waals surface area contributed by atoms with Crippen molar-refractivity contribution in [1.29, 1.82) is 0 Å². The van der Waals surface area contributed by atoms with Crippen LogP contribution in [0.25, 0.3) is 21.8 Å². The monoisotopic (exact) mass is 456 g/mol. The van der Waals surface area contributed by atoms with Crippen molar-refractivity contribution in [2.45, 2.75) is 45.6 Å². The van der Waals surface area contributed by atoms with E-state index < -0.39 is 0 Å². The minimum atomic E-state index is 0.499. The molecule has 6 heteroatoms. The van der Waals surface area contributed by atoms with Crippen molar-refractivity contribution >= 4 is 27.5 Å². The van der Waals surface area contributed by atoms with Crippen LogP contribution in [-0.4, -0.2) is 38.4 Å². The Morgan fingerprint density at radius 2 is 1.53 bits per heavy atom. The summed E-state index contributed by atoms with van der Waals surface area (Å²) in [7, 11) is 3.99. The van der Waals surface area contributed by atoms with Gasteiger partial charge in [0.15, 0.2) is 0 Å². The lowest BCUT2D eigenvalue weighted by molar-refractivity contribution is 0.334. The Morgan fingerprint density at radius 3 is 2.21 bits per heavy atom. The Labute approximate surface area is 202 Å². The Balaban J connectivity index is 0.000000142. The first kappa shape index (κ1) is 22.8. The minimum absolute atomic E-state index is 0.499. The van der Waals surface area contributed by atoms with E-state index in [9.17, 15) is 0 Å². The normalized spacial score (nSPS) is 22.9. The highest BCUT2D eigenvalue weighted by Crippen LogP contribution is 2.30. The van der Waals surface area contributed by atoms with Gasteiger partial charge >= 0.3 is 0 Å². The van der Waals surface area contributed by atoms with Gasteiger partial charge in [-0.25, -0.2) is 0 Å². The Bertz CT molecular complexity index is 1310. The van der Waals surface area contributed by atoms with Crippen LogP contribution in [0.15, 0.2) is 53.8 Å². The van der Waals surface area contributed by atoms with Gasteiger partial charge in [0.1, 0.15) is 0 Å². The maximum atomic E-state index is 4.72. The molecule has 0 saturated carbocycles. The van der Waals surface area contributed by atoms with Gasteiger partial charge in [-0.2, -0.15) is 10.2 Å².